The van der Waals surface area contributed by atoms with Crippen molar-refractivity contribution >= 4 is 22.2 Å². The maximum Gasteiger partial charge on any atom is 0.232 e. The number of carbonyl (C=O) groups is 1. The third-order valence-corrected chi connectivity index (χ3v) is 8.64. The van der Waals surface area contributed by atoms with Gasteiger partial charge in [0.15, 0.2) is 8.32 Å². The minimum atomic E-state index is -1.88. The van der Waals surface area contributed by atoms with Crippen LogP contribution in [-0.2, 0) is 9.22 Å². The van der Waals surface area contributed by atoms with E-state index in [-0.39, 0.29) is 10.8 Å². The molecule has 0 aromatic heterocycles. The van der Waals surface area contributed by atoms with E-state index < -0.39 is 22.5 Å². The molecule has 0 radical (unpaired) electrons. The van der Waals surface area contributed by atoms with Gasteiger partial charge < -0.3 is 4.43 Å². The van der Waals surface area contributed by atoms with Gasteiger partial charge in [0.05, 0.1) is 0 Å². The van der Waals surface area contributed by atoms with E-state index >= 15 is 0 Å². The lowest BCUT2D eigenvalue weighted by atomic mass is 10.2. The van der Waals surface area contributed by atoms with Gasteiger partial charge in [0.1, 0.15) is 14.2 Å². The molecule has 0 rings (SSSR count). The normalized spacial score (nSPS) is 14.7. The molecule has 0 amide bonds. The van der Waals surface area contributed by atoms with Crippen LogP contribution in [0, 0.1) is 11.5 Å². The first kappa shape index (κ1) is 17.6. The zero-order chi connectivity index (χ0) is 14.8. The fraction of sp³-hybridized carbons (Fsp3) is 0.786. The molecule has 0 aliphatic rings. The molecule has 0 aliphatic carbocycles. The predicted molar refractivity (Wildman–Crippen MR) is 83.9 cm³/mol. The third-order valence-electron chi connectivity index (χ3n) is 3.21. The minimum absolute atomic E-state index is 0.0813. The standard InChI is InChI=1S/C14H28O2Si2/c1-12(13(15)10-11-17(5,6)7)16-18(8,9)14(2,3)4/h12H,1-9H3/t12-/m0/s1. The quantitative estimate of drug-likeness (QED) is 0.581. The highest BCUT2D eigenvalue weighted by Crippen LogP contribution is 2.37. The molecule has 0 bridgehead atoms. The SMILES string of the molecule is C[C@H](O[Si](C)(C)C(C)(C)C)C(=O)C#C[Si](C)(C)C. The predicted octanol–water partition coefficient (Wildman–Crippen LogP) is 3.85. The first-order valence-electron chi connectivity index (χ1n) is 6.51. The summed E-state index contributed by atoms with van der Waals surface area (Å²) in [5.41, 5.74) is 3.10. The van der Waals surface area contributed by atoms with Crippen LogP contribution >= 0.6 is 0 Å². The molecular formula is C14H28O2Si2. The molecule has 0 aliphatic heterocycles. The van der Waals surface area contributed by atoms with Gasteiger partial charge in [-0.15, -0.1) is 5.54 Å². The van der Waals surface area contributed by atoms with E-state index in [0.29, 0.717) is 0 Å². The van der Waals surface area contributed by atoms with E-state index in [2.05, 4.69) is 65.0 Å². The summed E-state index contributed by atoms with van der Waals surface area (Å²) in [6.07, 6.45) is -0.408. The Morgan fingerprint density at radius 2 is 1.56 bits per heavy atom. The Labute approximate surface area is 115 Å². The average Bonchev–Trinajstić information content (AvgIpc) is 2.10. The van der Waals surface area contributed by atoms with E-state index in [4.69, 9.17) is 4.43 Å². The van der Waals surface area contributed by atoms with Gasteiger partial charge in [-0.05, 0) is 31.0 Å². The van der Waals surface area contributed by atoms with Gasteiger partial charge in [-0.2, -0.15) is 0 Å². The summed E-state index contributed by atoms with van der Waals surface area (Å²) in [6.45, 7) is 19.0. The summed E-state index contributed by atoms with van der Waals surface area (Å²) < 4.78 is 6.03. The Kier molecular flexibility index (Phi) is 5.61. The Hall–Kier alpha value is -0.376. The molecule has 0 N–H and O–H groups in total. The van der Waals surface area contributed by atoms with Crippen molar-refractivity contribution in [3.63, 3.8) is 0 Å². The van der Waals surface area contributed by atoms with Crippen molar-refractivity contribution < 1.29 is 9.22 Å². The van der Waals surface area contributed by atoms with Crippen LogP contribution < -0.4 is 0 Å². The fourth-order valence-electron chi connectivity index (χ4n) is 1.02. The molecule has 0 saturated carbocycles. The van der Waals surface area contributed by atoms with Gasteiger partial charge in [0.25, 0.3) is 0 Å². The molecule has 0 unspecified atom stereocenters. The smallest absolute Gasteiger partial charge is 0.232 e. The molecule has 0 spiro atoms. The fourth-order valence-corrected chi connectivity index (χ4v) is 2.87. The van der Waals surface area contributed by atoms with Gasteiger partial charge in [0, 0.05) is 0 Å². The van der Waals surface area contributed by atoms with Gasteiger partial charge in [0.2, 0.25) is 5.78 Å². The average molecular weight is 285 g/mol. The van der Waals surface area contributed by atoms with Crippen LogP contribution in [-0.4, -0.2) is 28.3 Å². The Morgan fingerprint density at radius 3 is 1.89 bits per heavy atom. The van der Waals surface area contributed by atoms with Crippen LogP contribution in [0.15, 0.2) is 0 Å². The van der Waals surface area contributed by atoms with Crippen LogP contribution in [0.4, 0.5) is 0 Å². The van der Waals surface area contributed by atoms with Crippen molar-refractivity contribution in [2.45, 2.75) is 71.6 Å². The molecule has 4 heteroatoms. The lowest BCUT2D eigenvalue weighted by Gasteiger charge is -2.37. The summed E-state index contributed by atoms with van der Waals surface area (Å²) in [5, 5.41) is 0.119. The van der Waals surface area contributed by atoms with E-state index in [0.717, 1.165) is 0 Å². The maximum absolute atomic E-state index is 11.9. The van der Waals surface area contributed by atoms with E-state index in [1.165, 1.54) is 0 Å². The first-order chi connectivity index (χ1) is 7.76. The van der Waals surface area contributed by atoms with Gasteiger partial charge in [-0.25, -0.2) is 0 Å². The number of carbonyl (C=O) groups excluding carboxylic acids is 1. The lowest BCUT2D eigenvalue weighted by Crippen LogP contribution is -2.45. The lowest BCUT2D eigenvalue weighted by molar-refractivity contribution is -0.119. The largest absolute Gasteiger partial charge is 0.406 e. The second-order valence-electron chi connectivity index (χ2n) is 7.38. The molecule has 0 aromatic rings. The topological polar surface area (TPSA) is 26.3 Å². The Balaban J connectivity index is 4.74. The number of ketones is 1. The molecule has 0 saturated heterocycles. The zero-order valence-electron chi connectivity index (χ0n) is 13.4. The highest BCUT2D eigenvalue weighted by Gasteiger charge is 2.39. The summed E-state index contributed by atoms with van der Waals surface area (Å²) in [5.74, 6) is 2.69. The summed E-state index contributed by atoms with van der Waals surface area (Å²) in [6, 6.07) is 0. The monoisotopic (exact) mass is 284 g/mol. The molecular weight excluding hydrogens is 256 g/mol. The van der Waals surface area contributed by atoms with E-state index in [1.807, 2.05) is 6.92 Å². The van der Waals surface area contributed by atoms with Crippen molar-refractivity contribution in [1.82, 2.24) is 0 Å². The first-order valence-corrected chi connectivity index (χ1v) is 12.9. The van der Waals surface area contributed by atoms with Crippen molar-refractivity contribution in [1.29, 1.82) is 0 Å². The molecule has 2 nitrogen and oxygen atoms in total. The molecule has 0 aromatic carbocycles. The van der Waals surface area contributed by atoms with Gasteiger partial charge in [-0.1, -0.05) is 40.4 Å². The number of rotatable bonds is 3. The zero-order valence-corrected chi connectivity index (χ0v) is 15.4. The van der Waals surface area contributed by atoms with Gasteiger partial charge in [-0.3, -0.25) is 4.79 Å². The van der Waals surface area contributed by atoms with E-state index in [9.17, 15) is 4.79 Å². The van der Waals surface area contributed by atoms with Gasteiger partial charge >= 0.3 is 0 Å². The minimum Gasteiger partial charge on any atom is -0.406 e. The summed E-state index contributed by atoms with van der Waals surface area (Å²) in [7, 11) is -3.37. The second kappa shape index (κ2) is 5.72. The molecule has 0 heterocycles. The third kappa shape index (κ3) is 5.99. The summed E-state index contributed by atoms with van der Waals surface area (Å²) in [4.78, 5) is 11.9. The van der Waals surface area contributed by atoms with E-state index in [1.54, 1.807) is 0 Å². The van der Waals surface area contributed by atoms with Crippen LogP contribution in [0.2, 0.25) is 37.8 Å². The number of hydrogen-bond donors (Lipinski definition) is 0. The number of hydrogen-bond acceptors (Lipinski definition) is 2. The second-order valence-corrected chi connectivity index (χ2v) is 16.9. The summed E-state index contributed by atoms with van der Waals surface area (Å²) >= 11 is 0. The van der Waals surface area contributed by atoms with Crippen LogP contribution in [0.5, 0.6) is 0 Å². The van der Waals surface area contributed by atoms with Crippen molar-refractivity contribution in [2.24, 2.45) is 0 Å². The maximum atomic E-state index is 11.9. The van der Waals surface area contributed by atoms with Crippen LogP contribution in [0.25, 0.3) is 0 Å². The molecule has 1 atom stereocenters. The van der Waals surface area contributed by atoms with Crippen molar-refractivity contribution in [3.05, 3.63) is 0 Å². The number of Topliss-reactive ketones (excluding diaryl/α,β-unsaturated/α-hetero) is 1. The Bertz CT molecular complexity index is 362. The van der Waals surface area contributed by atoms with Crippen LogP contribution in [0.3, 0.4) is 0 Å². The van der Waals surface area contributed by atoms with Crippen molar-refractivity contribution in [3.8, 4) is 11.5 Å². The molecule has 0 fully saturated rings. The highest BCUT2D eigenvalue weighted by molar-refractivity contribution is 6.84. The molecule has 18 heavy (non-hydrogen) atoms. The van der Waals surface area contributed by atoms with Crippen molar-refractivity contribution in [2.75, 3.05) is 0 Å². The Morgan fingerprint density at radius 1 is 1.11 bits per heavy atom. The molecule has 104 valence electrons. The highest BCUT2D eigenvalue weighted by atomic mass is 28.4. The van der Waals surface area contributed by atoms with Crippen LogP contribution in [0.1, 0.15) is 27.7 Å².